The van der Waals surface area contributed by atoms with E-state index in [2.05, 4.69) is 16.0 Å². The van der Waals surface area contributed by atoms with Gasteiger partial charge in [0.1, 0.15) is 0 Å². The summed E-state index contributed by atoms with van der Waals surface area (Å²) < 4.78 is 1.71. The summed E-state index contributed by atoms with van der Waals surface area (Å²) in [6, 6.07) is 13.3. The third kappa shape index (κ3) is 3.97. The number of nitrogens with one attached hydrogen (secondary N) is 2. The highest BCUT2D eigenvalue weighted by Crippen LogP contribution is 2.22. The van der Waals surface area contributed by atoms with E-state index >= 15 is 0 Å². The number of aromatic nitrogens is 2. The second-order valence-corrected chi connectivity index (χ2v) is 6.62. The highest BCUT2D eigenvalue weighted by molar-refractivity contribution is 6.33. The molecule has 0 unspecified atom stereocenters. The maximum Gasteiger partial charge on any atom is 0.271 e. The van der Waals surface area contributed by atoms with Crippen LogP contribution in [-0.2, 0) is 0 Å². The van der Waals surface area contributed by atoms with E-state index in [4.69, 9.17) is 23.2 Å². The molecule has 0 radical (unpaired) electrons. The first-order valence-corrected chi connectivity index (χ1v) is 8.81. The fraction of sp³-hybridized carbons (Fsp3) is 0.105. The maximum atomic E-state index is 12.2. The van der Waals surface area contributed by atoms with Gasteiger partial charge in [0, 0.05) is 5.56 Å². The summed E-state index contributed by atoms with van der Waals surface area (Å²) in [5, 5.41) is 5.28. The zero-order chi connectivity index (χ0) is 19.6. The second kappa shape index (κ2) is 7.82. The van der Waals surface area contributed by atoms with Crippen molar-refractivity contribution in [2.24, 2.45) is 0 Å². The van der Waals surface area contributed by atoms with Crippen LogP contribution < -0.4 is 10.9 Å². The van der Waals surface area contributed by atoms with Crippen molar-refractivity contribution < 1.29 is 9.59 Å². The molecule has 0 atom stereocenters. The normalized spacial score (nSPS) is 10.5. The summed E-state index contributed by atoms with van der Waals surface area (Å²) in [6.07, 6.45) is 0. The summed E-state index contributed by atoms with van der Waals surface area (Å²) in [4.78, 5) is 24.3. The molecule has 0 bridgehead atoms. The quantitative estimate of drug-likeness (QED) is 0.652. The van der Waals surface area contributed by atoms with Gasteiger partial charge < -0.3 is 0 Å². The van der Waals surface area contributed by atoms with Gasteiger partial charge >= 0.3 is 0 Å². The van der Waals surface area contributed by atoms with E-state index in [1.807, 2.05) is 13.8 Å². The lowest BCUT2D eigenvalue weighted by atomic mass is 10.2. The van der Waals surface area contributed by atoms with Crippen LogP contribution in [-0.4, -0.2) is 21.6 Å². The van der Waals surface area contributed by atoms with Crippen LogP contribution in [0.1, 0.15) is 32.1 Å². The summed E-state index contributed by atoms with van der Waals surface area (Å²) in [7, 11) is 0. The van der Waals surface area contributed by atoms with Gasteiger partial charge in [0.25, 0.3) is 11.8 Å². The molecular formula is C19H16Cl2N4O2. The van der Waals surface area contributed by atoms with E-state index in [-0.39, 0.29) is 5.56 Å². The first-order valence-electron chi connectivity index (χ1n) is 8.06. The van der Waals surface area contributed by atoms with Crippen LogP contribution in [0.15, 0.2) is 48.5 Å². The predicted molar refractivity (Wildman–Crippen MR) is 104 cm³/mol. The molecule has 0 aliphatic rings. The Labute approximate surface area is 166 Å². The number of amides is 2. The summed E-state index contributed by atoms with van der Waals surface area (Å²) in [5.41, 5.74) is 7.70. The molecule has 8 heteroatoms. The van der Waals surface area contributed by atoms with Gasteiger partial charge in [-0.25, -0.2) is 4.68 Å². The standard InChI is InChI=1S/C19H16Cl2N4O2/c1-11-17(21)12(2)25(24-11)14-9-7-13(8-10-14)18(26)22-23-19(27)15-5-3-4-6-16(15)20/h3-10H,1-2H3,(H,22,26)(H,23,27). The minimum absolute atomic E-state index is 0.274. The van der Waals surface area contributed by atoms with E-state index in [1.54, 1.807) is 53.2 Å². The van der Waals surface area contributed by atoms with Gasteiger partial charge in [-0.2, -0.15) is 5.10 Å². The molecule has 27 heavy (non-hydrogen) atoms. The van der Waals surface area contributed by atoms with Gasteiger partial charge in [-0.3, -0.25) is 20.4 Å². The molecule has 3 aromatic rings. The molecule has 2 aromatic carbocycles. The average Bonchev–Trinajstić information content (AvgIpc) is 2.93. The number of nitrogens with zero attached hydrogens (tertiary/aromatic N) is 2. The summed E-state index contributed by atoms with van der Waals surface area (Å²) >= 11 is 12.1. The van der Waals surface area contributed by atoms with Gasteiger partial charge in [-0.1, -0.05) is 35.3 Å². The maximum absolute atomic E-state index is 12.2. The third-order valence-electron chi connectivity index (χ3n) is 3.99. The van der Waals surface area contributed by atoms with Gasteiger partial charge in [-0.15, -0.1) is 0 Å². The van der Waals surface area contributed by atoms with E-state index in [1.165, 1.54) is 0 Å². The molecule has 0 spiro atoms. The minimum Gasteiger partial charge on any atom is -0.267 e. The van der Waals surface area contributed by atoms with Crippen LogP contribution in [0.5, 0.6) is 0 Å². The Kier molecular flexibility index (Phi) is 5.48. The molecule has 2 N–H and O–H groups in total. The number of hydrogen-bond acceptors (Lipinski definition) is 3. The smallest absolute Gasteiger partial charge is 0.267 e. The van der Waals surface area contributed by atoms with Crippen LogP contribution >= 0.6 is 23.2 Å². The van der Waals surface area contributed by atoms with Gasteiger partial charge in [0.05, 0.1) is 32.7 Å². The van der Waals surface area contributed by atoms with Crippen molar-refractivity contribution in [3.05, 3.63) is 81.1 Å². The molecule has 0 aliphatic heterocycles. The van der Waals surface area contributed by atoms with E-state index < -0.39 is 11.8 Å². The van der Waals surface area contributed by atoms with Crippen LogP contribution in [0, 0.1) is 13.8 Å². The van der Waals surface area contributed by atoms with Gasteiger partial charge in [-0.05, 0) is 50.2 Å². The number of carbonyl (C=O) groups excluding carboxylic acids is 2. The minimum atomic E-state index is -0.497. The fourth-order valence-corrected chi connectivity index (χ4v) is 2.87. The fourth-order valence-electron chi connectivity index (χ4n) is 2.53. The highest BCUT2D eigenvalue weighted by Gasteiger charge is 2.13. The second-order valence-electron chi connectivity index (χ2n) is 5.83. The van der Waals surface area contributed by atoms with Crippen molar-refractivity contribution in [2.45, 2.75) is 13.8 Å². The molecular weight excluding hydrogens is 387 g/mol. The van der Waals surface area contributed by atoms with Crippen LogP contribution in [0.2, 0.25) is 10.0 Å². The Morgan fingerprint density at radius 3 is 2.15 bits per heavy atom. The number of aryl methyl sites for hydroxylation is 1. The number of rotatable bonds is 3. The number of hydrazine groups is 1. The predicted octanol–water partition coefficient (Wildman–Crippen LogP) is 3.87. The van der Waals surface area contributed by atoms with Gasteiger partial charge in [0.2, 0.25) is 0 Å². The Morgan fingerprint density at radius 1 is 0.926 bits per heavy atom. The SMILES string of the molecule is Cc1nn(-c2ccc(C(=O)NNC(=O)c3ccccc3Cl)cc2)c(C)c1Cl. The Balaban J connectivity index is 1.68. The topological polar surface area (TPSA) is 76.0 Å². The lowest BCUT2D eigenvalue weighted by molar-refractivity contribution is 0.0847. The molecule has 1 aromatic heterocycles. The van der Waals surface area contributed by atoms with Crippen LogP contribution in [0.3, 0.4) is 0 Å². The molecule has 2 amide bonds. The molecule has 1 heterocycles. The van der Waals surface area contributed by atoms with E-state index in [0.29, 0.717) is 15.6 Å². The molecule has 0 fully saturated rings. The number of hydrogen-bond donors (Lipinski definition) is 2. The first kappa shape index (κ1) is 18.9. The number of benzene rings is 2. The summed E-state index contributed by atoms with van der Waals surface area (Å²) in [6.45, 7) is 3.70. The number of halogens is 2. The zero-order valence-corrected chi connectivity index (χ0v) is 16.1. The largest absolute Gasteiger partial charge is 0.271 e. The average molecular weight is 403 g/mol. The lowest BCUT2D eigenvalue weighted by Gasteiger charge is -2.09. The van der Waals surface area contributed by atoms with Gasteiger partial charge in [0.15, 0.2) is 0 Å². The van der Waals surface area contributed by atoms with Crippen molar-refractivity contribution in [1.29, 1.82) is 0 Å². The van der Waals surface area contributed by atoms with Crippen molar-refractivity contribution in [2.75, 3.05) is 0 Å². The van der Waals surface area contributed by atoms with Crippen molar-refractivity contribution in [3.8, 4) is 5.69 Å². The van der Waals surface area contributed by atoms with Crippen LogP contribution in [0.25, 0.3) is 5.69 Å². The van der Waals surface area contributed by atoms with Crippen molar-refractivity contribution >= 4 is 35.0 Å². The van der Waals surface area contributed by atoms with Crippen LogP contribution in [0.4, 0.5) is 0 Å². The van der Waals surface area contributed by atoms with E-state index in [0.717, 1.165) is 17.1 Å². The van der Waals surface area contributed by atoms with Crippen molar-refractivity contribution in [3.63, 3.8) is 0 Å². The Bertz CT molecular complexity index is 1010. The molecule has 0 aliphatic carbocycles. The zero-order valence-electron chi connectivity index (χ0n) is 14.6. The summed E-state index contributed by atoms with van der Waals surface area (Å²) in [5.74, 6) is -0.948. The monoisotopic (exact) mass is 402 g/mol. The lowest BCUT2D eigenvalue weighted by Crippen LogP contribution is -2.41. The van der Waals surface area contributed by atoms with Crippen molar-refractivity contribution in [1.82, 2.24) is 20.6 Å². The molecule has 6 nitrogen and oxygen atoms in total. The molecule has 0 saturated carbocycles. The molecule has 138 valence electrons. The first-order chi connectivity index (χ1) is 12.9. The molecule has 0 saturated heterocycles. The molecule has 3 rings (SSSR count). The van der Waals surface area contributed by atoms with E-state index in [9.17, 15) is 9.59 Å². The Morgan fingerprint density at radius 2 is 1.56 bits per heavy atom. The Hall–Kier alpha value is -2.83. The third-order valence-corrected chi connectivity index (χ3v) is 4.86. The highest BCUT2D eigenvalue weighted by atomic mass is 35.5. The number of carbonyl (C=O) groups is 2.